The van der Waals surface area contributed by atoms with E-state index in [4.69, 9.17) is 0 Å². The first-order valence-corrected chi connectivity index (χ1v) is 10.8. The van der Waals surface area contributed by atoms with Crippen molar-refractivity contribution in [1.82, 2.24) is 9.97 Å². The number of nitrogens with zero attached hydrogens (tertiary/aromatic N) is 3. The first-order valence-electron chi connectivity index (χ1n) is 8.99. The highest BCUT2D eigenvalue weighted by atomic mass is 32.2. The van der Waals surface area contributed by atoms with Crippen molar-refractivity contribution >= 4 is 33.6 Å². The SMILES string of the molecule is C=C(C)c1nc(N(C)S(C)(=O)=O)nc(C(C)C)c1/C=C/[C@@H](O)C[C@@H](O)CC(=O)[O-]. The van der Waals surface area contributed by atoms with Crippen LogP contribution < -0.4 is 9.41 Å². The first-order chi connectivity index (χ1) is 13.2. The highest BCUT2D eigenvalue weighted by Gasteiger charge is 2.21. The molecular formula is C19H28N3O6S-. The van der Waals surface area contributed by atoms with E-state index in [0.717, 1.165) is 10.6 Å². The largest absolute Gasteiger partial charge is 0.550 e. The van der Waals surface area contributed by atoms with Gasteiger partial charge in [-0.1, -0.05) is 32.6 Å². The molecule has 0 bridgehead atoms. The van der Waals surface area contributed by atoms with Crippen LogP contribution in [0.4, 0.5) is 5.95 Å². The summed E-state index contributed by atoms with van der Waals surface area (Å²) in [6.07, 6.45) is 0.908. The highest BCUT2D eigenvalue weighted by molar-refractivity contribution is 7.92. The molecule has 2 N–H and O–H groups in total. The highest BCUT2D eigenvalue weighted by Crippen LogP contribution is 2.28. The summed E-state index contributed by atoms with van der Waals surface area (Å²) < 4.78 is 24.7. The van der Waals surface area contributed by atoms with Crippen molar-refractivity contribution in [2.24, 2.45) is 0 Å². The quantitative estimate of drug-likeness (QED) is 0.543. The van der Waals surface area contributed by atoms with Gasteiger partial charge in [-0.25, -0.2) is 22.7 Å². The Morgan fingerprint density at radius 1 is 1.31 bits per heavy atom. The molecule has 0 fully saturated rings. The number of aliphatic hydroxyl groups is 2. The minimum Gasteiger partial charge on any atom is -0.550 e. The average Bonchev–Trinajstić information content (AvgIpc) is 2.56. The van der Waals surface area contributed by atoms with E-state index < -0.39 is 34.6 Å². The molecule has 0 saturated heterocycles. The number of sulfonamides is 1. The molecule has 0 aliphatic heterocycles. The molecule has 0 aliphatic carbocycles. The summed E-state index contributed by atoms with van der Waals surface area (Å²) >= 11 is 0. The number of hydrogen-bond acceptors (Lipinski definition) is 8. The summed E-state index contributed by atoms with van der Waals surface area (Å²) in [6, 6.07) is 0. The van der Waals surface area contributed by atoms with Crippen LogP contribution in [0.1, 0.15) is 56.5 Å². The molecular weight excluding hydrogens is 398 g/mol. The molecule has 29 heavy (non-hydrogen) atoms. The van der Waals surface area contributed by atoms with E-state index in [2.05, 4.69) is 16.5 Å². The molecule has 162 valence electrons. The van der Waals surface area contributed by atoms with Crippen molar-refractivity contribution in [3.8, 4) is 0 Å². The van der Waals surface area contributed by atoms with Gasteiger partial charge < -0.3 is 20.1 Å². The predicted octanol–water partition coefficient (Wildman–Crippen LogP) is 0.294. The molecule has 1 heterocycles. The van der Waals surface area contributed by atoms with Crippen LogP contribution in [0.15, 0.2) is 12.7 Å². The number of rotatable bonds is 10. The normalized spacial score (nSPS) is 14.2. The molecule has 10 heteroatoms. The fourth-order valence-corrected chi connectivity index (χ4v) is 2.91. The topological polar surface area (TPSA) is 144 Å². The molecule has 0 spiro atoms. The lowest BCUT2D eigenvalue weighted by atomic mass is 9.98. The smallest absolute Gasteiger partial charge is 0.239 e. The number of carboxylic acid groups (broad SMARTS) is 1. The number of aromatic nitrogens is 2. The van der Waals surface area contributed by atoms with Crippen LogP contribution in [0.2, 0.25) is 0 Å². The molecule has 0 radical (unpaired) electrons. The van der Waals surface area contributed by atoms with Gasteiger partial charge in [0.05, 0.1) is 29.9 Å². The molecule has 0 saturated carbocycles. The zero-order valence-corrected chi connectivity index (χ0v) is 18.1. The summed E-state index contributed by atoms with van der Waals surface area (Å²) in [6.45, 7) is 9.37. The van der Waals surface area contributed by atoms with Crippen molar-refractivity contribution in [3.05, 3.63) is 29.6 Å². The maximum atomic E-state index is 11.9. The van der Waals surface area contributed by atoms with Gasteiger partial charge in [0, 0.05) is 31.4 Å². The second kappa shape index (κ2) is 9.95. The number of aliphatic hydroxyl groups excluding tert-OH is 2. The summed E-state index contributed by atoms with van der Waals surface area (Å²) in [5.74, 6) is -1.49. The summed E-state index contributed by atoms with van der Waals surface area (Å²) in [7, 11) is -2.21. The van der Waals surface area contributed by atoms with Crippen molar-refractivity contribution < 1.29 is 28.5 Å². The van der Waals surface area contributed by atoms with Crippen molar-refractivity contribution in [2.75, 3.05) is 17.6 Å². The Hall–Kier alpha value is -2.30. The molecule has 1 aromatic heterocycles. The lowest BCUT2D eigenvalue weighted by Gasteiger charge is -2.20. The van der Waals surface area contributed by atoms with Gasteiger partial charge >= 0.3 is 0 Å². The minimum absolute atomic E-state index is 0.0104. The predicted molar refractivity (Wildman–Crippen MR) is 109 cm³/mol. The van der Waals surface area contributed by atoms with E-state index in [1.54, 1.807) is 13.0 Å². The molecule has 0 unspecified atom stereocenters. The van der Waals surface area contributed by atoms with Gasteiger partial charge in [0.1, 0.15) is 0 Å². The number of aliphatic carboxylic acids is 1. The zero-order chi connectivity index (χ0) is 22.5. The third kappa shape index (κ3) is 7.22. The Labute approximate surface area is 171 Å². The number of allylic oxidation sites excluding steroid dienone is 1. The van der Waals surface area contributed by atoms with E-state index in [0.29, 0.717) is 22.5 Å². The number of carboxylic acids is 1. The van der Waals surface area contributed by atoms with E-state index in [9.17, 15) is 28.5 Å². The Kier molecular flexibility index (Phi) is 8.49. The maximum absolute atomic E-state index is 11.9. The lowest BCUT2D eigenvalue weighted by molar-refractivity contribution is -0.307. The monoisotopic (exact) mass is 426 g/mol. The molecule has 0 aliphatic rings. The molecule has 0 amide bonds. The standard InChI is InChI=1S/C19H29N3O6S/c1-11(2)17-15(8-7-13(23)9-14(24)10-16(25)26)18(12(3)4)21-19(20-17)22(5)29(6,27)28/h7-8,12-14,23-24H,1,9-10H2,2-6H3,(H,25,26)/p-1/b8-7+/t13-,14-/m1/s1. The third-order valence-corrected chi connectivity index (χ3v) is 5.25. The van der Waals surface area contributed by atoms with Crippen LogP contribution in [-0.2, 0) is 14.8 Å². The molecule has 2 atom stereocenters. The van der Waals surface area contributed by atoms with E-state index in [1.807, 2.05) is 13.8 Å². The van der Waals surface area contributed by atoms with Gasteiger partial charge in [-0.05, 0) is 18.4 Å². The molecule has 1 aromatic rings. The Bertz CT molecular complexity index is 895. The Balaban J connectivity index is 3.38. The van der Waals surface area contributed by atoms with E-state index in [-0.39, 0.29) is 18.3 Å². The van der Waals surface area contributed by atoms with Crippen molar-refractivity contribution in [2.45, 2.75) is 51.7 Å². The Morgan fingerprint density at radius 3 is 2.34 bits per heavy atom. The summed E-state index contributed by atoms with van der Waals surface area (Å²) in [4.78, 5) is 19.2. The van der Waals surface area contributed by atoms with Crippen LogP contribution in [0.3, 0.4) is 0 Å². The summed E-state index contributed by atoms with van der Waals surface area (Å²) in [5, 5.41) is 30.2. The van der Waals surface area contributed by atoms with E-state index >= 15 is 0 Å². The van der Waals surface area contributed by atoms with Crippen LogP contribution in [0.25, 0.3) is 11.6 Å². The Morgan fingerprint density at radius 2 is 1.90 bits per heavy atom. The van der Waals surface area contributed by atoms with Crippen LogP contribution in [0.5, 0.6) is 0 Å². The number of carbonyl (C=O) groups is 1. The van der Waals surface area contributed by atoms with E-state index in [1.165, 1.54) is 13.1 Å². The van der Waals surface area contributed by atoms with Gasteiger partial charge in [0.25, 0.3) is 0 Å². The molecule has 0 aromatic carbocycles. The first kappa shape index (κ1) is 24.7. The summed E-state index contributed by atoms with van der Waals surface area (Å²) in [5.41, 5.74) is 2.12. The van der Waals surface area contributed by atoms with Gasteiger partial charge in [-0.3, -0.25) is 0 Å². The lowest BCUT2D eigenvalue weighted by Crippen LogP contribution is -2.29. The van der Waals surface area contributed by atoms with Crippen LogP contribution in [0, 0.1) is 0 Å². The van der Waals surface area contributed by atoms with Gasteiger partial charge in [-0.2, -0.15) is 0 Å². The number of hydrogen-bond donors (Lipinski definition) is 2. The minimum atomic E-state index is -3.56. The maximum Gasteiger partial charge on any atom is 0.239 e. The van der Waals surface area contributed by atoms with Crippen LogP contribution >= 0.6 is 0 Å². The number of carbonyl (C=O) groups excluding carboxylic acids is 1. The molecule has 1 rings (SSSR count). The molecule has 9 nitrogen and oxygen atoms in total. The zero-order valence-electron chi connectivity index (χ0n) is 17.3. The average molecular weight is 427 g/mol. The van der Waals surface area contributed by atoms with Gasteiger partial charge in [0.2, 0.25) is 16.0 Å². The van der Waals surface area contributed by atoms with Gasteiger partial charge in [0.15, 0.2) is 0 Å². The van der Waals surface area contributed by atoms with Crippen molar-refractivity contribution in [3.63, 3.8) is 0 Å². The second-order valence-electron chi connectivity index (χ2n) is 7.23. The fourth-order valence-electron chi connectivity index (χ4n) is 2.53. The van der Waals surface area contributed by atoms with Crippen molar-refractivity contribution in [1.29, 1.82) is 0 Å². The van der Waals surface area contributed by atoms with Crippen LogP contribution in [-0.4, -0.2) is 60.1 Å². The number of anilines is 1. The van der Waals surface area contributed by atoms with Gasteiger partial charge in [-0.15, -0.1) is 0 Å². The second-order valence-corrected chi connectivity index (χ2v) is 9.24. The third-order valence-electron chi connectivity index (χ3n) is 4.09. The fraction of sp³-hybridized carbons (Fsp3) is 0.526.